The first-order valence-corrected chi connectivity index (χ1v) is 4.96. The number of ether oxygens (including phenoxy) is 1. The zero-order chi connectivity index (χ0) is 12.8. The number of rotatable bonds is 5. The van der Waals surface area contributed by atoms with Gasteiger partial charge >= 0.3 is 12.1 Å². The molecule has 6 heteroatoms. The van der Waals surface area contributed by atoms with Crippen molar-refractivity contribution in [2.24, 2.45) is 0 Å². The average Bonchev–Trinajstić information content (AvgIpc) is 2.16. The molecule has 0 spiro atoms. The Morgan fingerprint density at radius 3 is 2.31 bits per heavy atom. The minimum atomic E-state index is -4.87. The number of nitriles is 1. The van der Waals surface area contributed by atoms with E-state index in [1.165, 1.54) is 0 Å². The van der Waals surface area contributed by atoms with Gasteiger partial charge in [-0.2, -0.15) is 18.4 Å². The molecule has 0 rings (SSSR count). The lowest BCUT2D eigenvalue weighted by Crippen LogP contribution is -2.45. The largest absolute Gasteiger partial charge is 0.442 e. The lowest BCUT2D eigenvalue weighted by molar-refractivity contribution is -0.243. The Morgan fingerprint density at radius 2 is 1.94 bits per heavy atom. The highest BCUT2D eigenvalue weighted by atomic mass is 19.4. The van der Waals surface area contributed by atoms with Gasteiger partial charge in [0.2, 0.25) is 0 Å². The Kier molecular flexibility index (Phi) is 5.28. The summed E-state index contributed by atoms with van der Waals surface area (Å²) in [5, 5.41) is 8.39. The molecular weight excluding hydrogens is 223 g/mol. The summed E-state index contributed by atoms with van der Waals surface area (Å²) in [7, 11) is 0. The molecule has 0 saturated heterocycles. The Labute approximate surface area is 92.2 Å². The molecular formula is C10H14F3NO2. The van der Waals surface area contributed by atoms with E-state index in [0.29, 0.717) is 13.3 Å². The van der Waals surface area contributed by atoms with Crippen molar-refractivity contribution in [1.29, 1.82) is 5.26 Å². The lowest BCUT2D eigenvalue weighted by atomic mass is 10.1. The topological polar surface area (TPSA) is 50.1 Å². The number of carbonyl (C=O) groups excluding carboxylic acids is 1. The van der Waals surface area contributed by atoms with Crippen LogP contribution in [0.2, 0.25) is 0 Å². The second-order valence-corrected chi connectivity index (χ2v) is 3.57. The second kappa shape index (κ2) is 5.73. The predicted octanol–water partition coefficient (Wildman–Crippen LogP) is 2.95. The average molecular weight is 237 g/mol. The smallest absolute Gasteiger partial charge is 0.434 e. The molecule has 0 N–H and O–H groups in total. The van der Waals surface area contributed by atoms with Crippen LogP contribution in [0.5, 0.6) is 0 Å². The van der Waals surface area contributed by atoms with Gasteiger partial charge < -0.3 is 4.74 Å². The van der Waals surface area contributed by atoms with E-state index >= 15 is 0 Å². The zero-order valence-electron chi connectivity index (χ0n) is 9.23. The Bertz CT molecular complexity index is 283. The van der Waals surface area contributed by atoms with Crippen molar-refractivity contribution in [3.63, 3.8) is 0 Å². The van der Waals surface area contributed by atoms with Crippen LogP contribution < -0.4 is 0 Å². The van der Waals surface area contributed by atoms with E-state index in [4.69, 9.17) is 5.26 Å². The van der Waals surface area contributed by atoms with Gasteiger partial charge in [0.1, 0.15) is 6.07 Å². The van der Waals surface area contributed by atoms with Gasteiger partial charge in [-0.25, -0.2) is 0 Å². The highest BCUT2D eigenvalue weighted by molar-refractivity contribution is 5.70. The summed E-state index contributed by atoms with van der Waals surface area (Å²) in [6.07, 6.45) is -2.91. The first-order valence-electron chi connectivity index (χ1n) is 4.96. The highest BCUT2D eigenvalue weighted by Crippen LogP contribution is 2.33. The molecule has 0 aliphatic rings. The number of unbranched alkanes of at least 4 members (excludes halogenated alkanes) is 2. The van der Waals surface area contributed by atoms with Gasteiger partial charge in [0, 0.05) is 6.42 Å². The molecule has 0 aromatic rings. The van der Waals surface area contributed by atoms with Gasteiger partial charge in [-0.15, -0.1) is 0 Å². The Balaban J connectivity index is 4.35. The van der Waals surface area contributed by atoms with Crippen LogP contribution in [0.3, 0.4) is 0 Å². The molecule has 0 aromatic heterocycles. The first-order chi connectivity index (χ1) is 7.27. The van der Waals surface area contributed by atoms with Crippen LogP contribution >= 0.6 is 0 Å². The molecule has 0 unspecified atom stereocenters. The van der Waals surface area contributed by atoms with E-state index in [1.807, 2.05) is 6.92 Å². The molecule has 16 heavy (non-hydrogen) atoms. The number of carbonyl (C=O) groups is 1. The van der Waals surface area contributed by atoms with Gasteiger partial charge in [0.05, 0.1) is 0 Å². The molecule has 0 saturated carbocycles. The van der Waals surface area contributed by atoms with Crippen LogP contribution in [0.25, 0.3) is 0 Å². The monoisotopic (exact) mass is 237 g/mol. The summed E-state index contributed by atoms with van der Waals surface area (Å²) in [5.74, 6) is -0.991. The van der Waals surface area contributed by atoms with E-state index in [0.717, 1.165) is 18.9 Å². The SMILES string of the molecule is CCCCCC(=O)O[C@](C)(C#N)C(F)(F)F. The Hall–Kier alpha value is -1.25. The molecule has 0 amide bonds. The van der Waals surface area contributed by atoms with Crippen LogP contribution in [0.1, 0.15) is 39.5 Å². The van der Waals surface area contributed by atoms with Gasteiger partial charge in [0.15, 0.2) is 0 Å². The lowest BCUT2D eigenvalue weighted by Gasteiger charge is -2.24. The summed E-state index contributed by atoms with van der Waals surface area (Å²) in [6, 6.07) is 0.972. The third-order valence-electron chi connectivity index (χ3n) is 2.06. The van der Waals surface area contributed by atoms with Gasteiger partial charge in [0.25, 0.3) is 5.60 Å². The van der Waals surface area contributed by atoms with Crippen molar-refractivity contribution < 1.29 is 22.7 Å². The van der Waals surface area contributed by atoms with Crippen LogP contribution in [-0.4, -0.2) is 17.7 Å². The van der Waals surface area contributed by atoms with Crippen molar-refractivity contribution in [3.8, 4) is 6.07 Å². The standard InChI is InChI=1S/C10H14F3NO2/c1-3-4-5-6-8(15)16-9(2,7-14)10(11,12)13/h3-6H2,1-2H3/t9-/m1/s1. The van der Waals surface area contributed by atoms with Crippen molar-refractivity contribution in [2.45, 2.75) is 51.3 Å². The van der Waals surface area contributed by atoms with Crippen LogP contribution in [0.4, 0.5) is 13.2 Å². The molecule has 0 aliphatic heterocycles. The molecule has 0 heterocycles. The summed E-state index contributed by atoms with van der Waals surface area (Å²) in [4.78, 5) is 11.1. The zero-order valence-corrected chi connectivity index (χ0v) is 9.23. The maximum Gasteiger partial charge on any atom is 0.442 e. The summed E-state index contributed by atoms with van der Waals surface area (Å²) in [6.45, 7) is 2.45. The quantitative estimate of drug-likeness (QED) is 0.545. The van der Waals surface area contributed by atoms with Crippen LogP contribution in [-0.2, 0) is 9.53 Å². The number of alkyl halides is 3. The van der Waals surface area contributed by atoms with E-state index in [1.54, 1.807) is 0 Å². The van der Waals surface area contributed by atoms with E-state index in [-0.39, 0.29) is 6.42 Å². The molecule has 3 nitrogen and oxygen atoms in total. The third kappa shape index (κ3) is 4.09. The van der Waals surface area contributed by atoms with Crippen molar-refractivity contribution in [1.82, 2.24) is 0 Å². The normalized spacial score (nSPS) is 15.0. The van der Waals surface area contributed by atoms with E-state index in [2.05, 4.69) is 4.74 Å². The van der Waals surface area contributed by atoms with Gasteiger partial charge in [-0.1, -0.05) is 19.8 Å². The van der Waals surface area contributed by atoms with Crippen molar-refractivity contribution in [3.05, 3.63) is 0 Å². The number of nitrogens with zero attached hydrogens (tertiary/aromatic N) is 1. The molecule has 0 aliphatic carbocycles. The summed E-state index contributed by atoms with van der Waals surface area (Å²) >= 11 is 0. The molecule has 1 atom stereocenters. The first kappa shape index (κ1) is 14.8. The molecule has 0 bridgehead atoms. The fraction of sp³-hybridized carbons (Fsp3) is 0.800. The molecule has 0 aromatic carbocycles. The molecule has 0 radical (unpaired) electrons. The fourth-order valence-corrected chi connectivity index (χ4v) is 0.942. The highest BCUT2D eigenvalue weighted by Gasteiger charge is 2.55. The number of hydrogen-bond acceptors (Lipinski definition) is 3. The van der Waals surface area contributed by atoms with Crippen LogP contribution in [0.15, 0.2) is 0 Å². The number of hydrogen-bond donors (Lipinski definition) is 0. The minimum Gasteiger partial charge on any atom is -0.434 e. The van der Waals surface area contributed by atoms with Gasteiger partial charge in [-0.05, 0) is 13.3 Å². The maximum absolute atomic E-state index is 12.4. The van der Waals surface area contributed by atoms with Gasteiger partial charge in [-0.3, -0.25) is 4.79 Å². The fourth-order valence-electron chi connectivity index (χ4n) is 0.942. The van der Waals surface area contributed by atoms with Crippen molar-refractivity contribution in [2.75, 3.05) is 0 Å². The maximum atomic E-state index is 12.4. The third-order valence-corrected chi connectivity index (χ3v) is 2.06. The predicted molar refractivity (Wildman–Crippen MR) is 50.3 cm³/mol. The van der Waals surface area contributed by atoms with Crippen LogP contribution in [0, 0.1) is 11.3 Å². The molecule has 92 valence electrons. The van der Waals surface area contributed by atoms with E-state index < -0.39 is 17.7 Å². The van der Waals surface area contributed by atoms with E-state index in [9.17, 15) is 18.0 Å². The number of halogens is 3. The van der Waals surface area contributed by atoms with Crippen molar-refractivity contribution >= 4 is 5.97 Å². The summed E-state index contributed by atoms with van der Waals surface area (Å²) in [5.41, 5.74) is -3.05. The number of esters is 1. The molecule has 0 fully saturated rings. The second-order valence-electron chi connectivity index (χ2n) is 3.57. The summed E-state index contributed by atoms with van der Waals surface area (Å²) < 4.78 is 41.2. The Morgan fingerprint density at radius 1 is 1.38 bits per heavy atom. The minimum absolute atomic E-state index is 0.0960.